The van der Waals surface area contributed by atoms with Gasteiger partial charge in [-0.2, -0.15) is 0 Å². The number of carbonyl (C=O) groups is 2. The largest absolute Gasteiger partial charge is 0.493 e. The topological polar surface area (TPSA) is 52.6 Å². The molecule has 0 saturated heterocycles. The van der Waals surface area contributed by atoms with Gasteiger partial charge < -0.3 is 9.47 Å². The molecular weight excluding hydrogens is 436 g/mol. The first-order valence-electron chi connectivity index (χ1n) is 13.6. The molecule has 0 amide bonds. The molecule has 2 aromatic rings. The van der Waals surface area contributed by atoms with E-state index < -0.39 is 0 Å². The van der Waals surface area contributed by atoms with E-state index in [9.17, 15) is 9.59 Å². The number of ketones is 1. The maximum atomic E-state index is 12.5. The molecule has 2 aromatic carbocycles. The number of aryl methyl sites for hydroxylation is 1. The second kappa shape index (κ2) is 11.0. The van der Waals surface area contributed by atoms with Crippen molar-refractivity contribution in [3.63, 3.8) is 0 Å². The summed E-state index contributed by atoms with van der Waals surface area (Å²) in [5, 5.41) is 0. The lowest BCUT2D eigenvalue weighted by molar-refractivity contribution is -0.132. The number of carbonyl (C=O) groups excluding carboxylic acids is 2. The van der Waals surface area contributed by atoms with Crippen LogP contribution in [0.4, 0.5) is 0 Å². The van der Waals surface area contributed by atoms with E-state index >= 15 is 0 Å². The highest BCUT2D eigenvalue weighted by Gasteiger charge is 2.47. The molecule has 0 spiro atoms. The zero-order valence-electron chi connectivity index (χ0n) is 21.0. The Kier molecular flexibility index (Phi) is 7.55. The van der Waals surface area contributed by atoms with Gasteiger partial charge in [0.1, 0.15) is 17.3 Å². The van der Waals surface area contributed by atoms with Crippen molar-refractivity contribution in [2.75, 3.05) is 6.61 Å². The van der Waals surface area contributed by atoms with Crippen molar-refractivity contribution in [2.24, 2.45) is 11.8 Å². The fraction of sp³-hybridized carbons (Fsp3) is 0.548. The number of esters is 1. The quantitative estimate of drug-likeness (QED) is 0.232. The van der Waals surface area contributed by atoms with Gasteiger partial charge in [-0.3, -0.25) is 9.59 Å². The first kappa shape index (κ1) is 24.1. The molecule has 186 valence electrons. The monoisotopic (exact) mass is 474 g/mol. The lowest BCUT2D eigenvalue weighted by Crippen LogP contribution is -2.39. The minimum atomic E-state index is -0.310. The van der Waals surface area contributed by atoms with Gasteiger partial charge in [-0.1, -0.05) is 43.2 Å². The fourth-order valence-corrected chi connectivity index (χ4v) is 7.01. The molecule has 4 unspecified atom stereocenters. The fourth-order valence-electron chi connectivity index (χ4n) is 7.01. The summed E-state index contributed by atoms with van der Waals surface area (Å²) in [6, 6.07) is 14.7. The molecule has 0 aliphatic heterocycles. The molecule has 3 aliphatic carbocycles. The van der Waals surface area contributed by atoms with Crippen molar-refractivity contribution < 1.29 is 19.1 Å². The number of ether oxygens (including phenoxy) is 2. The summed E-state index contributed by atoms with van der Waals surface area (Å²) in [5.74, 6) is 3.27. The normalized spacial score (nSPS) is 25.2. The summed E-state index contributed by atoms with van der Waals surface area (Å²) in [4.78, 5) is 24.5. The Morgan fingerprint density at radius 2 is 1.74 bits per heavy atom. The Hall–Kier alpha value is -2.62. The summed E-state index contributed by atoms with van der Waals surface area (Å²) in [5.41, 5.74) is 3.79. The summed E-state index contributed by atoms with van der Waals surface area (Å²) in [7, 11) is 0. The van der Waals surface area contributed by atoms with Crippen molar-refractivity contribution in [3.05, 3.63) is 59.2 Å². The average Bonchev–Trinajstić information content (AvgIpc) is 2.86. The van der Waals surface area contributed by atoms with Crippen LogP contribution in [0, 0.1) is 11.8 Å². The van der Waals surface area contributed by atoms with Gasteiger partial charge in [0, 0.05) is 31.4 Å². The third-order valence-electron chi connectivity index (χ3n) is 8.48. The Morgan fingerprint density at radius 3 is 2.57 bits per heavy atom. The predicted octanol–water partition coefficient (Wildman–Crippen LogP) is 7.14. The van der Waals surface area contributed by atoms with Crippen LogP contribution in [0.15, 0.2) is 42.5 Å². The van der Waals surface area contributed by atoms with E-state index in [1.807, 2.05) is 6.07 Å². The van der Waals surface area contributed by atoms with Crippen LogP contribution in [-0.4, -0.2) is 18.4 Å². The van der Waals surface area contributed by atoms with Gasteiger partial charge >= 0.3 is 5.97 Å². The van der Waals surface area contributed by atoms with Crippen molar-refractivity contribution in [3.8, 4) is 11.5 Å². The van der Waals surface area contributed by atoms with Crippen LogP contribution < -0.4 is 9.47 Å². The van der Waals surface area contributed by atoms with Crippen LogP contribution in [0.1, 0.15) is 99.7 Å². The zero-order valence-corrected chi connectivity index (χ0v) is 21.0. The van der Waals surface area contributed by atoms with Gasteiger partial charge in [0.15, 0.2) is 0 Å². The van der Waals surface area contributed by atoms with E-state index in [4.69, 9.17) is 9.47 Å². The second-order valence-corrected chi connectivity index (χ2v) is 10.8. The Labute approximate surface area is 209 Å². The van der Waals surface area contributed by atoms with Crippen molar-refractivity contribution in [1.29, 1.82) is 0 Å². The standard InChI is InChI=1S/C31H38O4/c1-21(32)35-30-20-24(34-17-9-3-6-12-22-10-4-2-5-11-22)19-29-26-14-8-7-13-25(26)27-16-15-23(33)18-28(27)31(29)30/h2,4-5,10-11,19-20,25-28H,3,6-9,12-18H2,1H3. The van der Waals surface area contributed by atoms with Crippen LogP contribution in [0.2, 0.25) is 0 Å². The van der Waals surface area contributed by atoms with Crippen LogP contribution in [-0.2, 0) is 16.0 Å². The van der Waals surface area contributed by atoms with Gasteiger partial charge in [0.25, 0.3) is 0 Å². The number of hydrogen-bond acceptors (Lipinski definition) is 4. The molecule has 0 aromatic heterocycles. The molecule has 4 atom stereocenters. The molecule has 0 radical (unpaired) electrons. The van der Waals surface area contributed by atoms with E-state index in [0.717, 1.165) is 43.4 Å². The number of hydrogen-bond donors (Lipinski definition) is 0. The maximum Gasteiger partial charge on any atom is 0.308 e. The van der Waals surface area contributed by atoms with Gasteiger partial charge in [-0.05, 0) is 85.8 Å². The van der Waals surface area contributed by atoms with Gasteiger partial charge in [0.2, 0.25) is 0 Å². The molecule has 4 heteroatoms. The van der Waals surface area contributed by atoms with Crippen LogP contribution in [0.3, 0.4) is 0 Å². The first-order chi connectivity index (χ1) is 17.1. The highest BCUT2D eigenvalue weighted by Crippen LogP contribution is 2.59. The van der Waals surface area contributed by atoms with Gasteiger partial charge in [0.05, 0.1) is 6.61 Å². The predicted molar refractivity (Wildman–Crippen MR) is 137 cm³/mol. The molecule has 4 nitrogen and oxygen atoms in total. The van der Waals surface area contributed by atoms with Gasteiger partial charge in [-0.25, -0.2) is 0 Å². The molecule has 5 rings (SSSR count). The molecule has 35 heavy (non-hydrogen) atoms. The molecule has 2 fully saturated rings. The van der Waals surface area contributed by atoms with Crippen molar-refractivity contribution in [1.82, 2.24) is 0 Å². The van der Waals surface area contributed by atoms with E-state index in [2.05, 4.69) is 36.4 Å². The lowest BCUT2D eigenvalue weighted by atomic mass is 9.55. The molecule has 0 heterocycles. The average molecular weight is 475 g/mol. The number of benzene rings is 2. The Balaban J connectivity index is 1.32. The highest BCUT2D eigenvalue weighted by molar-refractivity contribution is 5.81. The third kappa shape index (κ3) is 5.47. The molecule has 2 saturated carbocycles. The van der Waals surface area contributed by atoms with Crippen molar-refractivity contribution >= 4 is 11.8 Å². The molecular formula is C31H38O4. The summed E-state index contributed by atoms with van der Waals surface area (Å²) in [6.45, 7) is 2.12. The van der Waals surface area contributed by atoms with E-state index in [1.54, 1.807) is 0 Å². The van der Waals surface area contributed by atoms with Crippen molar-refractivity contribution in [2.45, 2.75) is 89.4 Å². The summed E-state index contributed by atoms with van der Waals surface area (Å²) >= 11 is 0. The third-order valence-corrected chi connectivity index (χ3v) is 8.48. The minimum absolute atomic E-state index is 0.173. The first-order valence-corrected chi connectivity index (χ1v) is 13.6. The number of Topliss-reactive ketones (excluding diaryl/α,β-unsaturated/α-hetero) is 1. The summed E-state index contributed by atoms with van der Waals surface area (Å²) < 4.78 is 12.0. The SMILES string of the molecule is CC(=O)Oc1cc(OCCCCCc2ccccc2)cc2c1C1CC(=O)CCC1C1CCCCC21. The van der Waals surface area contributed by atoms with Crippen LogP contribution in [0.25, 0.3) is 0 Å². The number of rotatable bonds is 8. The van der Waals surface area contributed by atoms with Gasteiger partial charge in [-0.15, -0.1) is 0 Å². The Morgan fingerprint density at radius 1 is 0.943 bits per heavy atom. The van der Waals surface area contributed by atoms with Crippen LogP contribution in [0.5, 0.6) is 11.5 Å². The summed E-state index contributed by atoms with van der Waals surface area (Å²) in [6.07, 6.45) is 11.6. The lowest BCUT2D eigenvalue weighted by Gasteiger charge is -2.49. The van der Waals surface area contributed by atoms with Crippen LogP contribution >= 0.6 is 0 Å². The maximum absolute atomic E-state index is 12.5. The van der Waals surface area contributed by atoms with E-state index in [1.165, 1.54) is 43.7 Å². The molecule has 3 aliphatic rings. The Bertz CT molecular complexity index is 1040. The van der Waals surface area contributed by atoms with E-state index in [-0.39, 0.29) is 11.9 Å². The highest BCUT2D eigenvalue weighted by atomic mass is 16.5. The molecule has 0 N–H and O–H groups in total. The smallest absolute Gasteiger partial charge is 0.308 e. The number of fused-ring (bicyclic) bond motifs is 6. The zero-order chi connectivity index (χ0) is 24.2. The minimum Gasteiger partial charge on any atom is -0.493 e. The van der Waals surface area contributed by atoms with E-state index in [0.29, 0.717) is 48.7 Å². The second-order valence-electron chi connectivity index (χ2n) is 10.8. The number of unbranched alkanes of at least 4 members (excludes halogenated alkanes) is 2. The molecule has 0 bridgehead atoms.